The zero-order valence-electron chi connectivity index (χ0n) is 15.2. The minimum absolute atomic E-state index is 0.109. The molecular formula is C18H17F3O. The summed E-state index contributed by atoms with van der Waals surface area (Å²) in [5.74, 6) is 0.599. The molecule has 1 nitrogen and oxygen atoms in total. The SMILES string of the molecule is [2H]C([2H])([2H])/C(C)=C(\c1ccc(OC)cc1)c1ccc(C(F)(F)F)cc1. The largest absolute Gasteiger partial charge is 0.497 e. The maximum atomic E-state index is 12.8. The maximum absolute atomic E-state index is 12.8. The summed E-state index contributed by atoms with van der Waals surface area (Å²) in [6, 6.07) is 11.2. The van der Waals surface area contributed by atoms with Crippen molar-refractivity contribution < 1.29 is 22.0 Å². The number of rotatable bonds is 3. The first-order chi connectivity index (χ1) is 11.5. The molecule has 2 aromatic rings. The quantitative estimate of drug-likeness (QED) is 0.721. The molecule has 0 saturated carbocycles. The van der Waals surface area contributed by atoms with Crippen LogP contribution in [-0.4, -0.2) is 7.11 Å². The van der Waals surface area contributed by atoms with Gasteiger partial charge in [-0.15, -0.1) is 0 Å². The van der Waals surface area contributed by atoms with Crippen molar-refractivity contribution in [1.82, 2.24) is 0 Å². The Morgan fingerprint density at radius 2 is 1.45 bits per heavy atom. The van der Waals surface area contributed by atoms with Gasteiger partial charge in [-0.1, -0.05) is 29.8 Å². The van der Waals surface area contributed by atoms with Crippen LogP contribution in [0.2, 0.25) is 0 Å². The molecule has 22 heavy (non-hydrogen) atoms. The van der Waals surface area contributed by atoms with Crippen molar-refractivity contribution in [2.45, 2.75) is 20.0 Å². The Morgan fingerprint density at radius 1 is 0.955 bits per heavy atom. The van der Waals surface area contributed by atoms with Crippen LogP contribution in [0.25, 0.3) is 5.57 Å². The predicted octanol–water partition coefficient (Wildman–Crippen LogP) is 5.56. The summed E-state index contributed by atoms with van der Waals surface area (Å²) in [7, 11) is 1.51. The summed E-state index contributed by atoms with van der Waals surface area (Å²) in [5.41, 5.74) is 0.714. The highest BCUT2D eigenvalue weighted by atomic mass is 19.4. The highest BCUT2D eigenvalue weighted by Gasteiger charge is 2.30. The summed E-state index contributed by atoms with van der Waals surface area (Å²) in [5, 5.41) is 0. The van der Waals surface area contributed by atoms with Crippen molar-refractivity contribution in [2.75, 3.05) is 7.11 Å². The lowest BCUT2D eigenvalue weighted by molar-refractivity contribution is -0.137. The first-order valence-corrected chi connectivity index (χ1v) is 6.57. The van der Waals surface area contributed by atoms with Crippen LogP contribution in [0.4, 0.5) is 13.2 Å². The van der Waals surface area contributed by atoms with Crippen molar-refractivity contribution in [3.63, 3.8) is 0 Å². The summed E-state index contributed by atoms with van der Waals surface area (Å²) in [6.45, 7) is -0.901. The fourth-order valence-corrected chi connectivity index (χ4v) is 2.18. The number of halogens is 3. The molecule has 0 N–H and O–H groups in total. The first kappa shape index (κ1) is 12.3. The van der Waals surface area contributed by atoms with E-state index in [9.17, 15) is 13.2 Å². The van der Waals surface area contributed by atoms with E-state index in [1.54, 1.807) is 24.3 Å². The second-order valence-corrected chi connectivity index (χ2v) is 4.80. The van der Waals surface area contributed by atoms with E-state index in [0.29, 0.717) is 22.4 Å². The van der Waals surface area contributed by atoms with E-state index in [2.05, 4.69) is 0 Å². The number of alkyl halides is 3. The van der Waals surface area contributed by atoms with E-state index in [1.165, 1.54) is 26.2 Å². The van der Waals surface area contributed by atoms with Crippen molar-refractivity contribution in [2.24, 2.45) is 0 Å². The second kappa shape index (κ2) is 6.26. The molecule has 0 bridgehead atoms. The van der Waals surface area contributed by atoms with Crippen molar-refractivity contribution >= 4 is 5.57 Å². The van der Waals surface area contributed by atoms with Gasteiger partial charge in [-0.2, -0.15) is 13.2 Å². The topological polar surface area (TPSA) is 9.23 Å². The predicted molar refractivity (Wildman–Crippen MR) is 81.8 cm³/mol. The van der Waals surface area contributed by atoms with Gasteiger partial charge in [-0.25, -0.2) is 0 Å². The Labute approximate surface area is 132 Å². The molecule has 0 unspecified atom stereocenters. The van der Waals surface area contributed by atoms with Gasteiger partial charge in [0.1, 0.15) is 5.75 Å². The van der Waals surface area contributed by atoms with Gasteiger partial charge in [0.2, 0.25) is 0 Å². The van der Waals surface area contributed by atoms with Gasteiger partial charge in [-0.3, -0.25) is 0 Å². The summed E-state index contributed by atoms with van der Waals surface area (Å²) >= 11 is 0. The molecular weight excluding hydrogens is 289 g/mol. The Kier molecular flexibility index (Phi) is 3.51. The molecule has 0 aliphatic rings. The lowest BCUT2D eigenvalue weighted by Gasteiger charge is -2.13. The molecule has 0 radical (unpaired) electrons. The molecule has 4 heteroatoms. The normalized spacial score (nSPS) is 15.4. The third-order valence-corrected chi connectivity index (χ3v) is 3.25. The van der Waals surface area contributed by atoms with Gasteiger partial charge in [0, 0.05) is 4.11 Å². The number of allylic oxidation sites excluding steroid dienone is 1. The number of ether oxygens (including phenoxy) is 1. The lowest BCUT2D eigenvalue weighted by atomic mass is 9.93. The van der Waals surface area contributed by atoms with Crippen LogP contribution in [0.3, 0.4) is 0 Å². The van der Waals surface area contributed by atoms with Crippen molar-refractivity contribution in [3.05, 3.63) is 70.8 Å². The fourth-order valence-electron chi connectivity index (χ4n) is 2.18. The van der Waals surface area contributed by atoms with Crippen LogP contribution >= 0.6 is 0 Å². The first-order valence-electron chi connectivity index (χ1n) is 8.07. The average Bonchev–Trinajstić information content (AvgIpc) is 2.54. The fraction of sp³-hybridized carbons (Fsp3) is 0.222. The summed E-state index contributed by atoms with van der Waals surface area (Å²) < 4.78 is 66.3. The van der Waals surface area contributed by atoms with E-state index < -0.39 is 18.6 Å². The molecule has 0 fully saturated rings. The molecule has 0 aliphatic carbocycles. The molecule has 0 amide bonds. The van der Waals surface area contributed by atoms with Gasteiger partial charge in [0.15, 0.2) is 0 Å². The number of hydrogen-bond acceptors (Lipinski definition) is 1. The van der Waals surface area contributed by atoms with Crippen molar-refractivity contribution in [1.29, 1.82) is 0 Å². The van der Waals surface area contributed by atoms with Gasteiger partial charge in [0.25, 0.3) is 0 Å². The molecule has 116 valence electrons. The highest BCUT2D eigenvalue weighted by molar-refractivity contribution is 5.81. The molecule has 0 atom stereocenters. The summed E-state index contributed by atoms with van der Waals surface area (Å²) in [6.07, 6.45) is -4.44. The molecule has 2 aromatic carbocycles. The minimum atomic E-state index is -4.44. The monoisotopic (exact) mass is 309 g/mol. The average molecular weight is 309 g/mol. The van der Waals surface area contributed by atoms with Gasteiger partial charge in [-0.05, 0) is 54.7 Å². The van der Waals surface area contributed by atoms with E-state index in [1.807, 2.05) is 0 Å². The number of hydrogen-bond donors (Lipinski definition) is 0. The van der Waals surface area contributed by atoms with Crippen LogP contribution < -0.4 is 4.74 Å². The van der Waals surface area contributed by atoms with Crippen LogP contribution in [0.5, 0.6) is 5.75 Å². The van der Waals surface area contributed by atoms with Crippen LogP contribution in [0.1, 0.15) is 34.6 Å². The highest BCUT2D eigenvalue weighted by Crippen LogP contribution is 2.32. The van der Waals surface area contributed by atoms with Crippen LogP contribution in [0.15, 0.2) is 54.1 Å². The third kappa shape index (κ3) is 3.50. The van der Waals surface area contributed by atoms with Gasteiger partial charge >= 0.3 is 6.18 Å². The van der Waals surface area contributed by atoms with Gasteiger partial charge < -0.3 is 4.74 Å². The zero-order valence-corrected chi connectivity index (χ0v) is 12.2. The Balaban J connectivity index is 2.60. The Morgan fingerprint density at radius 3 is 1.86 bits per heavy atom. The van der Waals surface area contributed by atoms with Crippen molar-refractivity contribution in [3.8, 4) is 5.75 Å². The van der Waals surface area contributed by atoms with E-state index in [4.69, 9.17) is 8.85 Å². The van der Waals surface area contributed by atoms with Crippen LogP contribution in [-0.2, 0) is 6.18 Å². The van der Waals surface area contributed by atoms with E-state index >= 15 is 0 Å². The number of benzene rings is 2. The lowest BCUT2D eigenvalue weighted by Crippen LogP contribution is -2.04. The number of methoxy groups -OCH3 is 1. The maximum Gasteiger partial charge on any atom is 0.416 e. The molecule has 0 heterocycles. The third-order valence-electron chi connectivity index (χ3n) is 3.25. The molecule has 0 spiro atoms. The van der Waals surface area contributed by atoms with Gasteiger partial charge in [0.05, 0.1) is 12.7 Å². The minimum Gasteiger partial charge on any atom is -0.497 e. The van der Waals surface area contributed by atoms with E-state index in [-0.39, 0.29) is 5.57 Å². The Bertz CT molecular complexity index is 758. The zero-order chi connectivity index (χ0) is 18.8. The smallest absolute Gasteiger partial charge is 0.416 e. The molecule has 0 aromatic heterocycles. The molecule has 0 aliphatic heterocycles. The Hall–Kier alpha value is -2.23. The van der Waals surface area contributed by atoms with E-state index in [0.717, 1.165) is 12.1 Å². The standard InChI is InChI=1S/C18H17F3O/c1-12(2)17(14-6-10-16(22-3)11-7-14)13-4-8-15(9-5-13)18(19,20)21/h4-11H,1-3H3/i1D3/b17-12+. The second-order valence-electron chi connectivity index (χ2n) is 4.80. The summed E-state index contributed by atoms with van der Waals surface area (Å²) in [4.78, 5) is 0. The van der Waals surface area contributed by atoms with Crippen LogP contribution in [0, 0.1) is 0 Å². The molecule has 0 saturated heterocycles. The molecule has 2 rings (SSSR count).